The molecule has 26 heavy (non-hydrogen) atoms. The van der Waals surface area contributed by atoms with Crippen LogP contribution in [-0.4, -0.2) is 11.4 Å². The maximum atomic E-state index is 14.7. The zero-order valence-electron chi connectivity index (χ0n) is 14.0. The van der Waals surface area contributed by atoms with Crippen LogP contribution in [0.15, 0.2) is 78.0 Å². The predicted molar refractivity (Wildman–Crippen MR) is 97.3 cm³/mol. The van der Waals surface area contributed by atoms with E-state index in [1.54, 1.807) is 6.07 Å². The molecule has 3 rings (SSSR count). The second-order valence-corrected chi connectivity index (χ2v) is 5.59. The van der Waals surface area contributed by atoms with Crippen LogP contribution in [0, 0.1) is 5.82 Å². The minimum absolute atomic E-state index is 0.0119. The smallest absolute Gasteiger partial charge is 0.198 e. The van der Waals surface area contributed by atoms with Gasteiger partial charge >= 0.3 is 0 Å². The molecule has 0 aliphatic rings. The highest BCUT2D eigenvalue weighted by Crippen LogP contribution is 2.33. The SMILES string of the molecule is O/N=C\c1ccc(OCc2ccccc2)c(OCc2ccccc2)c1F. The number of nitrogens with zero attached hydrogens (tertiary/aromatic N) is 1. The second kappa shape index (κ2) is 8.67. The highest BCUT2D eigenvalue weighted by Gasteiger charge is 2.16. The van der Waals surface area contributed by atoms with E-state index in [0.29, 0.717) is 0 Å². The first-order chi connectivity index (χ1) is 12.8. The van der Waals surface area contributed by atoms with Gasteiger partial charge in [-0.05, 0) is 23.3 Å². The van der Waals surface area contributed by atoms with Gasteiger partial charge in [-0.1, -0.05) is 65.8 Å². The summed E-state index contributed by atoms with van der Waals surface area (Å²) in [6.07, 6.45) is 1.02. The van der Waals surface area contributed by atoms with E-state index in [9.17, 15) is 4.39 Å². The first kappa shape index (κ1) is 17.5. The molecule has 0 aromatic heterocycles. The van der Waals surface area contributed by atoms with Crippen molar-refractivity contribution in [2.75, 3.05) is 0 Å². The monoisotopic (exact) mass is 351 g/mol. The van der Waals surface area contributed by atoms with Crippen molar-refractivity contribution >= 4 is 6.21 Å². The molecule has 0 unspecified atom stereocenters. The van der Waals surface area contributed by atoms with Gasteiger partial charge in [-0.25, -0.2) is 4.39 Å². The van der Waals surface area contributed by atoms with Crippen LogP contribution < -0.4 is 9.47 Å². The molecule has 0 spiro atoms. The van der Waals surface area contributed by atoms with E-state index in [1.165, 1.54) is 6.07 Å². The minimum atomic E-state index is -0.635. The molecule has 1 N–H and O–H groups in total. The fourth-order valence-corrected chi connectivity index (χ4v) is 2.43. The van der Waals surface area contributed by atoms with Gasteiger partial charge in [-0.15, -0.1) is 0 Å². The molecule has 0 fully saturated rings. The Morgan fingerprint density at radius 2 is 1.38 bits per heavy atom. The molecular formula is C21H18FNO3. The lowest BCUT2D eigenvalue weighted by Gasteiger charge is -2.15. The van der Waals surface area contributed by atoms with E-state index >= 15 is 0 Å². The number of rotatable bonds is 7. The minimum Gasteiger partial charge on any atom is -0.485 e. The topological polar surface area (TPSA) is 51.1 Å². The van der Waals surface area contributed by atoms with Crippen LogP contribution in [0.3, 0.4) is 0 Å². The summed E-state index contributed by atoms with van der Waals surface area (Å²) >= 11 is 0. The molecule has 3 aromatic rings. The quantitative estimate of drug-likeness (QED) is 0.378. The number of hydrogen-bond acceptors (Lipinski definition) is 4. The van der Waals surface area contributed by atoms with Gasteiger partial charge < -0.3 is 14.7 Å². The van der Waals surface area contributed by atoms with Crippen molar-refractivity contribution < 1.29 is 19.1 Å². The number of oxime groups is 1. The van der Waals surface area contributed by atoms with Gasteiger partial charge in [0.1, 0.15) is 13.2 Å². The van der Waals surface area contributed by atoms with E-state index in [2.05, 4.69) is 5.16 Å². The Balaban J connectivity index is 1.83. The molecule has 0 heterocycles. The molecule has 4 nitrogen and oxygen atoms in total. The van der Waals surface area contributed by atoms with Gasteiger partial charge in [-0.3, -0.25) is 0 Å². The van der Waals surface area contributed by atoms with Gasteiger partial charge in [0.25, 0.3) is 0 Å². The van der Waals surface area contributed by atoms with Crippen molar-refractivity contribution in [2.45, 2.75) is 13.2 Å². The Morgan fingerprint density at radius 1 is 0.808 bits per heavy atom. The first-order valence-electron chi connectivity index (χ1n) is 8.11. The lowest BCUT2D eigenvalue weighted by molar-refractivity contribution is 0.245. The van der Waals surface area contributed by atoms with Crippen molar-refractivity contribution in [3.63, 3.8) is 0 Å². The Morgan fingerprint density at radius 3 is 1.96 bits per heavy atom. The molecule has 0 radical (unpaired) electrons. The van der Waals surface area contributed by atoms with Crippen molar-refractivity contribution in [1.29, 1.82) is 0 Å². The summed E-state index contributed by atoms with van der Waals surface area (Å²) < 4.78 is 26.2. The summed E-state index contributed by atoms with van der Waals surface area (Å²) in [5, 5.41) is 11.6. The average molecular weight is 351 g/mol. The van der Waals surface area contributed by atoms with Gasteiger partial charge in [0.2, 0.25) is 0 Å². The van der Waals surface area contributed by atoms with Crippen LogP contribution in [-0.2, 0) is 13.2 Å². The highest BCUT2D eigenvalue weighted by atomic mass is 19.1. The first-order valence-corrected chi connectivity index (χ1v) is 8.11. The van der Waals surface area contributed by atoms with Crippen LogP contribution in [0.5, 0.6) is 11.5 Å². The maximum absolute atomic E-state index is 14.7. The third kappa shape index (κ3) is 4.39. The van der Waals surface area contributed by atoms with E-state index < -0.39 is 5.82 Å². The van der Waals surface area contributed by atoms with E-state index in [-0.39, 0.29) is 30.3 Å². The lowest BCUT2D eigenvalue weighted by Crippen LogP contribution is -2.04. The standard InChI is InChI=1S/C21H18FNO3/c22-20-18(13-23-24)11-12-19(25-14-16-7-3-1-4-8-16)21(20)26-15-17-9-5-2-6-10-17/h1-13,24H,14-15H2/b23-13-. The largest absolute Gasteiger partial charge is 0.485 e. The highest BCUT2D eigenvalue weighted by molar-refractivity contribution is 5.81. The summed E-state index contributed by atoms with van der Waals surface area (Å²) in [5.41, 5.74) is 1.98. The van der Waals surface area contributed by atoms with Crippen LogP contribution in [0.4, 0.5) is 4.39 Å². The van der Waals surface area contributed by atoms with Gasteiger partial charge in [0.05, 0.1) is 6.21 Å². The number of ether oxygens (including phenoxy) is 2. The second-order valence-electron chi connectivity index (χ2n) is 5.59. The number of benzene rings is 3. The fraction of sp³-hybridized carbons (Fsp3) is 0.0952. The Bertz CT molecular complexity index is 867. The molecular weight excluding hydrogens is 333 g/mol. The molecule has 3 aromatic carbocycles. The Hall–Kier alpha value is -3.34. The van der Waals surface area contributed by atoms with E-state index in [0.717, 1.165) is 17.3 Å². The molecule has 0 bridgehead atoms. The van der Waals surface area contributed by atoms with Crippen molar-refractivity contribution in [2.24, 2.45) is 5.16 Å². The van der Waals surface area contributed by atoms with Crippen LogP contribution in [0.25, 0.3) is 0 Å². The van der Waals surface area contributed by atoms with Gasteiger partial charge in [-0.2, -0.15) is 0 Å². The van der Waals surface area contributed by atoms with Gasteiger partial charge in [0.15, 0.2) is 17.3 Å². The van der Waals surface area contributed by atoms with Crippen LogP contribution in [0.1, 0.15) is 16.7 Å². The summed E-state index contributed by atoms with van der Waals surface area (Å²) in [7, 11) is 0. The number of halogens is 1. The summed E-state index contributed by atoms with van der Waals surface area (Å²) in [6, 6.07) is 22.1. The molecule has 0 aliphatic heterocycles. The zero-order valence-corrected chi connectivity index (χ0v) is 14.0. The fourth-order valence-electron chi connectivity index (χ4n) is 2.43. The molecule has 0 amide bonds. The third-order valence-electron chi connectivity index (χ3n) is 3.75. The predicted octanol–water partition coefficient (Wildman–Crippen LogP) is 4.79. The Labute approximate surface area is 151 Å². The molecule has 0 saturated carbocycles. The molecule has 0 aliphatic carbocycles. The molecule has 132 valence electrons. The van der Waals surface area contributed by atoms with Crippen LogP contribution in [0.2, 0.25) is 0 Å². The Kier molecular flexibility index (Phi) is 5.83. The van der Waals surface area contributed by atoms with E-state index in [4.69, 9.17) is 14.7 Å². The van der Waals surface area contributed by atoms with Crippen molar-refractivity contribution in [3.05, 3.63) is 95.3 Å². The summed E-state index contributed by atoms with van der Waals surface area (Å²) in [4.78, 5) is 0. The average Bonchev–Trinajstić information content (AvgIpc) is 2.69. The van der Waals surface area contributed by atoms with Crippen molar-refractivity contribution in [3.8, 4) is 11.5 Å². The summed E-state index contributed by atoms with van der Waals surface area (Å²) in [6.45, 7) is 0.481. The normalized spacial score (nSPS) is 10.8. The van der Waals surface area contributed by atoms with Crippen LogP contribution >= 0.6 is 0 Å². The number of hydrogen-bond donors (Lipinski definition) is 1. The lowest BCUT2D eigenvalue weighted by atomic mass is 10.2. The van der Waals surface area contributed by atoms with Crippen molar-refractivity contribution in [1.82, 2.24) is 0 Å². The molecule has 0 saturated heterocycles. The third-order valence-corrected chi connectivity index (χ3v) is 3.75. The molecule has 5 heteroatoms. The van der Waals surface area contributed by atoms with E-state index in [1.807, 2.05) is 60.7 Å². The van der Waals surface area contributed by atoms with Gasteiger partial charge in [0, 0.05) is 5.56 Å². The molecule has 0 atom stereocenters. The maximum Gasteiger partial charge on any atom is 0.198 e. The summed E-state index contributed by atoms with van der Waals surface area (Å²) in [5.74, 6) is -0.358. The zero-order chi connectivity index (χ0) is 18.2.